The van der Waals surface area contributed by atoms with E-state index in [1.807, 2.05) is 30.3 Å². The maximum absolute atomic E-state index is 11.5. The Balaban J connectivity index is 2.36. The molecule has 1 heterocycles. The first kappa shape index (κ1) is 15.1. The van der Waals surface area contributed by atoms with E-state index in [2.05, 4.69) is 4.98 Å². The number of anilines is 1. The Morgan fingerprint density at radius 3 is 2.76 bits per heavy atom. The summed E-state index contributed by atoms with van der Waals surface area (Å²) in [5.41, 5.74) is 6.25. The molecule has 0 unspecified atom stereocenters. The zero-order valence-corrected chi connectivity index (χ0v) is 12.3. The second-order valence-corrected chi connectivity index (χ2v) is 5.01. The number of carbonyl (C=O) groups is 1. The number of para-hydroxylation sites is 1. The third-order valence-corrected chi connectivity index (χ3v) is 3.48. The summed E-state index contributed by atoms with van der Waals surface area (Å²) in [6.45, 7) is 2.05. The van der Waals surface area contributed by atoms with E-state index in [1.54, 1.807) is 11.5 Å². The Hall–Kier alpha value is -2.28. The second-order valence-electron chi connectivity index (χ2n) is 4.07. The van der Waals surface area contributed by atoms with Crippen molar-refractivity contribution in [3.8, 4) is 5.69 Å². The number of carbonyl (C=O) groups excluding carboxylic acids is 1. The van der Waals surface area contributed by atoms with Crippen LogP contribution in [0.15, 0.2) is 46.3 Å². The number of esters is 1. The molecule has 0 atom stereocenters. The molecular weight excluding hydrogens is 290 g/mol. The smallest absolute Gasteiger partial charge is 0.316 e. The minimum absolute atomic E-state index is 0.0660. The fourth-order valence-corrected chi connectivity index (χ4v) is 2.56. The number of ether oxygens (including phenoxy) is 1. The van der Waals surface area contributed by atoms with Crippen molar-refractivity contribution in [3.63, 3.8) is 0 Å². The van der Waals surface area contributed by atoms with E-state index in [1.165, 1.54) is 6.07 Å². The van der Waals surface area contributed by atoms with Crippen molar-refractivity contribution in [1.82, 2.24) is 9.55 Å². The van der Waals surface area contributed by atoms with Crippen LogP contribution < -0.4 is 11.3 Å². The molecule has 0 fully saturated rings. The maximum atomic E-state index is 11.5. The van der Waals surface area contributed by atoms with Gasteiger partial charge in [-0.25, -0.2) is 0 Å². The standard InChI is InChI=1S/C14H15N3O3S/c1-2-20-13(19)9-21-14-16-12(18)8-11(15)17(14)10-6-4-3-5-7-10/h3-8H,2,9,15H2,1H3. The SMILES string of the molecule is CCOC(=O)CSc1nc(=O)cc(N)n1-c1ccccc1. The molecular formula is C14H15N3O3S. The molecule has 0 amide bonds. The molecule has 2 rings (SSSR count). The summed E-state index contributed by atoms with van der Waals surface area (Å²) in [5.74, 6) is -0.0253. The maximum Gasteiger partial charge on any atom is 0.316 e. The summed E-state index contributed by atoms with van der Waals surface area (Å²) < 4.78 is 6.49. The molecule has 21 heavy (non-hydrogen) atoms. The van der Waals surface area contributed by atoms with Crippen LogP contribution in [0.1, 0.15) is 6.92 Å². The lowest BCUT2D eigenvalue weighted by Crippen LogP contribution is -2.17. The minimum atomic E-state index is -0.439. The molecule has 1 aromatic heterocycles. The van der Waals surface area contributed by atoms with Gasteiger partial charge in [-0.15, -0.1) is 0 Å². The Morgan fingerprint density at radius 1 is 1.38 bits per heavy atom. The topological polar surface area (TPSA) is 87.2 Å². The van der Waals surface area contributed by atoms with E-state index in [9.17, 15) is 9.59 Å². The van der Waals surface area contributed by atoms with E-state index in [0.717, 1.165) is 17.4 Å². The first-order valence-corrected chi connectivity index (χ1v) is 7.33. The van der Waals surface area contributed by atoms with Crippen molar-refractivity contribution in [2.24, 2.45) is 0 Å². The Morgan fingerprint density at radius 2 is 2.10 bits per heavy atom. The number of nitrogen functional groups attached to an aromatic ring is 1. The number of nitrogens with two attached hydrogens (primary N) is 1. The molecule has 0 aliphatic heterocycles. The molecule has 0 spiro atoms. The number of nitrogens with zero attached hydrogens (tertiary/aromatic N) is 2. The van der Waals surface area contributed by atoms with Crippen LogP contribution in [0.2, 0.25) is 0 Å². The summed E-state index contributed by atoms with van der Waals surface area (Å²) >= 11 is 1.12. The average molecular weight is 305 g/mol. The number of aromatic nitrogens is 2. The molecule has 0 aliphatic rings. The number of hydrogen-bond acceptors (Lipinski definition) is 6. The second kappa shape index (κ2) is 6.94. The van der Waals surface area contributed by atoms with E-state index in [4.69, 9.17) is 10.5 Å². The van der Waals surface area contributed by atoms with Gasteiger partial charge in [-0.3, -0.25) is 14.2 Å². The van der Waals surface area contributed by atoms with Crippen molar-refractivity contribution in [2.45, 2.75) is 12.1 Å². The summed E-state index contributed by atoms with van der Waals surface area (Å²) in [5, 5.41) is 0.360. The molecule has 2 N–H and O–H groups in total. The lowest BCUT2D eigenvalue weighted by Gasteiger charge is -2.14. The normalized spacial score (nSPS) is 10.3. The molecule has 2 aromatic rings. The molecule has 110 valence electrons. The lowest BCUT2D eigenvalue weighted by molar-refractivity contribution is -0.139. The van der Waals surface area contributed by atoms with E-state index < -0.39 is 5.56 Å². The number of hydrogen-bond donors (Lipinski definition) is 1. The highest BCUT2D eigenvalue weighted by atomic mass is 32.2. The predicted octanol–water partition coefficient (Wildman–Crippen LogP) is 1.47. The fourth-order valence-electron chi connectivity index (χ4n) is 1.74. The summed E-state index contributed by atoms with van der Waals surface area (Å²) in [7, 11) is 0. The summed E-state index contributed by atoms with van der Waals surface area (Å²) in [4.78, 5) is 26.9. The van der Waals surface area contributed by atoms with Gasteiger partial charge in [0.05, 0.1) is 12.4 Å². The van der Waals surface area contributed by atoms with E-state index in [0.29, 0.717) is 11.8 Å². The Labute approximate surface area is 125 Å². The highest BCUT2D eigenvalue weighted by Crippen LogP contribution is 2.22. The lowest BCUT2D eigenvalue weighted by atomic mass is 10.3. The fraction of sp³-hybridized carbons (Fsp3) is 0.214. The number of rotatable bonds is 5. The van der Waals surface area contributed by atoms with Crippen LogP contribution in [0.5, 0.6) is 0 Å². The van der Waals surface area contributed by atoms with Crippen LogP contribution in [0.4, 0.5) is 5.82 Å². The van der Waals surface area contributed by atoms with Gasteiger partial charge in [-0.05, 0) is 19.1 Å². The summed E-state index contributed by atoms with van der Waals surface area (Å²) in [6, 6.07) is 10.5. The third kappa shape index (κ3) is 3.85. The van der Waals surface area contributed by atoms with Crippen LogP contribution in [-0.4, -0.2) is 27.9 Å². The zero-order chi connectivity index (χ0) is 15.2. The van der Waals surface area contributed by atoms with Gasteiger partial charge in [-0.1, -0.05) is 30.0 Å². The van der Waals surface area contributed by atoms with Crippen molar-refractivity contribution in [1.29, 1.82) is 0 Å². The third-order valence-electron chi connectivity index (χ3n) is 2.57. The number of thioether (sulfide) groups is 1. The Bertz CT molecular complexity index is 686. The number of benzene rings is 1. The molecule has 0 saturated carbocycles. The van der Waals surface area contributed by atoms with Crippen LogP contribution in [-0.2, 0) is 9.53 Å². The van der Waals surface area contributed by atoms with Gasteiger partial charge in [0.25, 0.3) is 5.56 Å². The molecule has 0 saturated heterocycles. The van der Waals surface area contributed by atoms with Gasteiger partial charge < -0.3 is 10.5 Å². The first-order chi connectivity index (χ1) is 10.1. The van der Waals surface area contributed by atoms with Crippen LogP contribution in [0.25, 0.3) is 5.69 Å². The average Bonchev–Trinajstić information content (AvgIpc) is 2.46. The molecule has 0 bridgehead atoms. The van der Waals surface area contributed by atoms with E-state index >= 15 is 0 Å². The highest BCUT2D eigenvalue weighted by Gasteiger charge is 2.12. The molecule has 6 nitrogen and oxygen atoms in total. The van der Waals surface area contributed by atoms with Crippen molar-refractivity contribution < 1.29 is 9.53 Å². The molecule has 7 heteroatoms. The van der Waals surface area contributed by atoms with E-state index in [-0.39, 0.29) is 17.5 Å². The van der Waals surface area contributed by atoms with Gasteiger partial charge in [0.2, 0.25) is 0 Å². The van der Waals surface area contributed by atoms with Gasteiger partial charge >= 0.3 is 5.97 Å². The quantitative estimate of drug-likeness (QED) is 0.511. The van der Waals surface area contributed by atoms with Crippen LogP contribution in [0, 0.1) is 0 Å². The zero-order valence-electron chi connectivity index (χ0n) is 11.5. The van der Waals surface area contributed by atoms with Gasteiger partial charge in [0, 0.05) is 11.8 Å². The molecule has 1 aromatic carbocycles. The minimum Gasteiger partial charge on any atom is -0.465 e. The summed E-state index contributed by atoms with van der Waals surface area (Å²) in [6.07, 6.45) is 0. The van der Waals surface area contributed by atoms with Crippen molar-refractivity contribution in [3.05, 3.63) is 46.8 Å². The van der Waals surface area contributed by atoms with Gasteiger partial charge in [0.1, 0.15) is 5.82 Å². The predicted molar refractivity (Wildman–Crippen MR) is 81.6 cm³/mol. The van der Waals surface area contributed by atoms with Gasteiger partial charge in [-0.2, -0.15) is 4.98 Å². The highest BCUT2D eigenvalue weighted by molar-refractivity contribution is 7.99. The molecule has 0 aliphatic carbocycles. The van der Waals surface area contributed by atoms with Crippen molar-refractivity contribution in [2.75, 3.05) is 18.1 Å². The van der Waals surface area contributed by atoms with Gasteiger partial charge in [0.15, 0.2) is 5.16 Å². The van der Waals surface area contributed by atoms with Crippen LogP contribution >= 0.6 is 11.8 Å². The van der Waals surface area contributed by atoms with Crippen molar-refractivity contribution >= 4 is 23.5 Å². The largest absolute Gasteiger partial charge is 0.465 e. The first-order valence-electron chi connectivity index (χ1n) is 6.35. The monoisotopic (exact) mass is 305 g/mol. The van der Waals surface area contributed by atoms with Crippen LogP contribution in [0.3, 0.4) is 0 Å². The Kier molecular flexibility index (Phi) is 4.99. The molecule has 0 radical (unpaired) electrons.